The summed E-state index contributed by atoms with van der Waals surface area (Å²) in [5.41, 5.74) is 2.38. The Morgan fingerprint density at radius 2 is 1.90 bits per heavy atom. The third kappa shape index (κ3) is 4.40. The van der Waals surface area contributed by atoms with Crippen LogP contribution in [0.3, 0.4) is 0 Å². The Hall–Kier alpha value is -3.35. The molecule has 1 amide bonds. The van der Waals surface area contributed by atoms with Crippen molar-refractivity contribution in [3.05, 3.63) is 69.9 Å². The molecule has 2 aromatic heterocycles. The highest BCUT2D eigenvalue weighted by Crippen LogP contribution is 2.26. The Labute approximate surface area is 181 Å². The number of piperidine rings is 1. The molecule has 31 heavy (non-hydrogen) atoms. The van der Waals surface area contributed by atoms with Crippen molar-refractivity contribution >= 4 is 5.91 Å². The van der Waals surface area contributed by atoms with Crippen LogP contribution in [0.25, 0.3) is 11.3 Å². The second-order valence-corrected chi connectivity index (χ2v) is 7.93. The largest absolute Gasteiger partial charge is 0.496 e. The Bertz CT molecular complexity index is 1140. The molecule has 0 atom stereocenters. The van der Waals surface area contributed by atoms with Gasteiger partial charge in [0.15, 0.2) is 0 Å². The van der Waals surface area contributed by atoms with E-state index in [0.717, 1.165) is 34.1 Å². The molecule has 0 saturated carbocycles. The second-order valence-electron chi connectivity index (χ2n) is 7.93. The van der Waals surface area contributed by atoms with E-state index in [1.54, 1.807) is 23.9 Å². The summed E-state index contributed by atoms with van der Waals surface area (Å²) in [7, 11) is 1.61. The van der Waals surface area contributed by atoms with Gasteiger partial charge in [-0.25, -0.2) is 4.68 Å². The molecule has 1 fully saturated rings. The SMILES string of the molecule is COc1ccccc1CC(=O)N1CCC(n2nc(-c3cc(C)oc3C)ccc2=O)CC1. The number of carbonyl (C=O) groups excluding carboxylic acids is 1. The maximum atomic E-state index is 12.8. The van der Waals surface area contributed by atoms with Crippen molar-refractivity contribution in [2.75, 3.05) is 20.2 Å². The summed E-state index contributed by atoms with van der Waals surface area (Å²) >= 11 is 0. The molecule has 3 aromatic rings. The Kier molecular flexibility index (Phi) is 5.93. The monoisotopic (exact) mass is 421 g/mol. The summed E-state index contributed by atoms with van der Waals surface area (Å²) in [6.45, 7) is 4.98. The third-order valence-electron chi connectivity index (χ3n) is 5.84. The zero-order chi connectivity index (χ0) is 22.0. The van der Waals surface area contributed by atoms with Gasteiger partial charge >= 0.3 is 0 Å². The van der Waals surface area contributed by atoms with Crippen molar-refractivity contribution in [2.45, 2.75) is 39.2 Å². The number of hydrogen-bond acceptors (Lipinski definition) is 5. The smallest absolute Gasteiger partial charge is 0.267 e. The molecule has 1 aliphatic rings. The maximum absolute atomic E-state index is 12.8. The van der Waals surface area contributed by atoms with E-state index in [1.165, 1.54) is 0 Å². The topological polar surface area (TPSA) is 77.6 Å². The first-order valence-corrected chi connectivity index (χ1v) is 10.5. The number of para-hydroxylation sites is 1. The summed E-state index contributed by atoms with van der Waals surface area (Å²) in [5, 5.41) is 4.62. The minimum absolute atomic E-state index is 0.0314. The van der Waals surface area contributed by atoms with Gasteiger partial charge in [-0.3, -0.25) is 9.59 Å². The second kappa shape index (κ2) is 8.79. The number of aryl methyl sites for hydroxylation is 2. The van der Waals surface area contributed by atoms with E-state index in [0.29, 0.717) is 32.4 Å². The molecule has 7 heteroatoms. The van der Waals surface area contributed by atoms with Gasteiger partial charge in [0.05, 0.1) is 25.3 Å². The molecule has 4 rings (SSSR count). The number of ether oxygens (including phenoxy) is 1. The van der Waals surface area contributed by atoms with Crippen molar-refractivity contribution in [1.82, 2.24) is 14.7 Å². The van der Waals surface area contributed by atoms with Gasteiger partial charge < -0.3 is 14.1 Å². The van der Waals surface area contributed by atoms with Crippen LogP contribution in [0.4, 0.5) is 0 Å². The van der Waals surface area contributed by atoms with Gasteiger partial charge in [-0.15, -0.1) is 0 Å². The van der Waals surface area contributed by atoms with E-state index in [-0.39, 0.29) is 17.5 Å². The van der Waals surface area contributed by atoms with Crippen LogP contribution in [0, 0.1) is 13.8 Å². The molecule has 0 radical (unpaired) electrons. The first-order chi connectivity index (χ1) is 15.0. The maximum Gasteiger partial charge on any atom is 0.267 e. The van der Waals surface area contributed by atoms with Gasteiger partial charge in [-0.1, -0.05) is 18.2 Å². The van der Waals surface area contributed by atoms with Crippen molar-refractivity contribution in [3.63, 3.8) is 0 Å². The lowest BCUT2D eigenvalue weighted by Crippen LogP contribution is -2.42. The third-order valence-corrected chi connectivity index (χ3v) is 5.84. The molecule has 0 unspecified atom stereocenters. The number of aromatic nitrogens is 2. The first-order valence-electron chi connectivity index (χ1n) is 10.5. The average Bonchev–Trinajstić information content (AvgIpc) is 3.12. The number of carbonyl (C=O) groups is 1. The lowest BCUT2D eigenvalue weighted by molar-refractivity contribution is -0.131. The minimum Gasteiger partial charge on any atom is -0.496 e. The molecule has 0 N–H and O–H groups in total. The van der Waals surface area contributed by atoms with Crippen molar-refractivity contribution in [1.29, 1.82) is 0 Å². The van der Waals surface area contributed by atoms with E-state index in [4.69, 9.17) is 9.15 Å². The van der Waals surface area contributed by atoms with Crippen LogP contribution >= 0.6 is 0 Å². The Morgan fingerprint density at radius 1 is 1.16 bits per heavy atom. The van der Waals surface area contributed by atoms with Crippen LogP contribution in [0.1, 0.15) is 36.0 Å². The highest BCUT2D eigenvalue weighted by atomic mass is 16.5. The molecule has 162 valence electrons. The number of hydrogen-bond donors (Lipinski definition) is 0. The predicted octanol–water partition coefficient (Wildman–Crippen LogP) is 3.53. The summed E-state index contributed by atoms with van der Waals surface area (Å²) < 4.78 is 12.5. The van der Waals surface area contributed by atoms with E-state index >= 15 is 0 Å². The highest BCUT2D eigenvalue weighted by molar-refractivity contribution is 5.79. The van der Waals surface area contributed by atoms with Crippen LogP contribution in [-0.4, -0.2) is 40.8 Å². The van der Waals surface area contributed by atoms with Crippen molar-refractivity contribution in [2.24, 2.45) is 0 Å². The molecule has 7 nitrogen and oxygen atoms in total. The van der Waals surface area contributed by atoms with Gasteiger partial charge in [0.1, 0.15) is 17.3 Å². The number of rotatable bonds is 5. The lowest BCUT2D eigenvalue weighted by atomic mass is 10.0. The summed E-state index contributed by atoms with van der Waals surface area (Å²) in [5.74, 6) is 2.39. The zero-order valence-corrected chi connectivity index (χ0v) is 18.1. The van der Waals surface area contributed by atoms with Crippen LogP contribution in [0.2, 0.25) is 0 Å². The van der Waals surface area contributed by atoms with Crippen molar-refractivity contribution in [3.8, 4) is 17.0 Å². The van der Waals surface area contributed by atoms with Crippen LogP contribution in [-0.2, 0) is 11.2 Å². The number of furan rings is 1. The van der Waals surface area contributed by atoms with Gasteiger partial charge in [-0.2, -0.15) is 5.10 Å². The standard InChI is InChI=1S/C24H27N3O4/c1-16-14-20(17(2)31-16)21-8-9-23(28)27(25-21)19-10-12-26(13-11-19)24(29)15-18-6-4-5-7-22(18)30-3/h4-9,14,19H,10-13,15H2,1-3H3. The number of benzene rings is 1. The minimum atomic E-state index is -0.125. The van der Waals surface area contributed by atoms with Crippen LogP contribution < -0.4 is 10.3 Å². The molecular weight excluding hydrogens is 394 g/mol. The Balaban J connectivity index is 1.45. The van der Waals surface area contributed by atoms with Gasteiger partial charge in [-0.05, 0) is 44.9 Å². The molecule has 1 aromatic carbocycles. The van der Waals surface area contributed by atoms with E-state index < -0.39 is 0 Å². The van der Waals surface area contributed by atoms with Gasteiger partial charge in [0, 0.05) is 30.3 Å². The van der Waals surface area contributed by atoms with E-state index in [1.807, 2.05) is 49.1 Å². The number of nitrogens with zero attached hydrogens (tertiary/aromatic N) is 3. The van der Waals surface area contributed by atoms with Crippen molar-refractivity contribution < 1.29 is 13.9 Å². The first kappa shape index (κ1) is 20.9. The summed E-state index contributed by atoms with van der Waals surface area (Å²) in [6, 6.07) is 12.8. The quantitative estimate of drug-likeness (QED) is 0.630. The fourth-order valence-electron chi connectivity index (χ4n) is 4.20. The summed E-state index contributed by atoms with van der Waals surface area (Å²) in [6.07, 6.45) is 1.69. The predicted molar refractivity (Wildman–Crippen MR) is 117 cm³/mol. The highest BCUT2D eigenvalue weighted by Gasteiger charge is 2.26. The Morgan fingerprint density at radius 3 is 2.58 bits per heavy atom. The number of methoxy groups -OCH3 is 1. The molecular formula is C24H27N3O4. The average molecular weight is 421 g/mol. The fourth-order valence-corrected chi connectivity index (χ4v) is 4.20. The molecule has 3 heterocycles. The van der Waals surface area contributed by atoms with Crippen LogP contribution in [0.5, 0.6) is 5.75 Å². The van der Waals surface area contributed by atoms with Crippen LogP contribution in [0.15, 0.2) is 51.7 Å². The molecule has 0 spiro atoms. The molecule has 0 bridgehead atoms. The molecule has 0 aliphatic carbocycles. The summed E-state index contributed by atoms with van der Waals surface area (Å²) in [4.78, 5) is 27.2. The molecule has 1 aliphatic heterocycles. The number of amides is 1. The normalized spacial score (nSPS) is 14.6. The molecule has 1 saturated heterocycles. The lowest BCUT2D eigenvalue weighted by Gasteiger charge is -2.32. The van der Waals surface area contributed by atoms with E-state index in [2.05, 4.69) is 5.10 Å². The van der Waals surface area contributed by atoms with Gasteiger partial charge in [0.25, 0.3) is 5.56 Å². The zero-order valence-electron chi connectivity index (χ0n) is 18.1. The van der Waals surface area contributed by atoms with Gasteiger partial charge in [0.2, 0.25) is 5.91 Å². The fraction of sp³-hybridized carbons (Fsp3) is 0.375. The van der Waals surface area contributed by atoms with E-state index in [9.17, 15) is 9.59 Å². The number of likely N-dealkylation sites (tertiary alicyclic amines) is 1.